The van der Waals surface area contributed by atoms with Gasteiger partial charge < -0.3 is 9.84 Å². The number of nitrogens with zero attached hydrogens (tertiary/aromatic N) is 1. The number of phenols is 1. The lowest BCUT2D eigenvalue weighted by Gasteiger charge is -2.42. The minimum absolute atomic E-state index is 0.0778. The van der Waals surface area contributed by atoms with Crippen molar-refractivity contribution in [2.45, 2.75) is 32.2 Å². The van der Waals surface area contributed by atoms with Crippen molar-refractivity contribution in [2.24, 2.45) is 17.8 Å². The number of aromatic hydroxyl groups is 1. The predicted octanol–water partition coefficient (Wildman–Crippen LogP) is 4.03. The smallest absolute Gasteiger partial charge is 0.234 e. The van der Waals surface area contributed by atoms with Gasteiger partial charge in [-0.15, -0.1) is 0 Å². The molecule has 2 aromatic carbocycles. The Balaban J connectivity index is 1.45. The van der Waals surface area contributed by atoms with Crippen LogP contribution >= 0.6 is 0 Å². The van der Waals surface area contributed by atoms with Gasteiger partial charge in [0.1, 0.15) is 0 Å². The van der Waals surface area contributed by atoms with Crippen molar-refractivity contribution in [1.82, 2.24) is 4.90 Å². The maximum atomic E-state index is 13.8. The zero-order valence-electron chi connectivity index (χ0n) is 21.1. The summed E-state index contributed by atoms with van der Waals surface area (Å²) in [6.45, 7) is 1.83. The Morgan fingerprint density at radius 3 is 2.47 bits per heavy atom. The van der Waals surface area contributed by atoms with Crippen molar-refractivity contribution in [1.29, 1.82) is 0 Å². The molecule has 6 rings (SSSR count). The predicted molar refractivity (Wildman–Crippen MR) is 138 cm³/mol. The highest BCUT2D eigenvalue weighted by atomic mass is 16.5. The van der Waals surface area contributed by atoms with Gasteiger partial charge in [0.15, 0.2) is 23.1 Å². The van der Waals surface area contributed by atoms with Crippen LogP contribution in [0.2, 0.25) is 0 Å². The zero-order valence-corrected chi connectivity index (χ0v) is 21.1. The first-order valence-corrected chi connectivity index (χ1v) is 12.8. The van der Waals surface area contributed by atoms with E-state index in [1.54, 1.807) is 25.1 Å². The van der Waals surface area contributed by atoms with Gasteiger partial charge in [0, 0.05) is 22.6 Å². The Bertz CT molecular complexity index is 1500. The maximum absolute atomic E-state index is 13.8. The number of ketones is 2. The number of phenolic OH excluding ortho intramolecular Hbond substituents is 1. The Morgan fingerprint density at radius 1 is 1.00 bits per heavy atom. The van der Waals surface area contributed by atoms with Crippen LogP contribution in [0.4, 0.5) is 0 Å². The first-order chi connectivity index (χ1) is 18.3. The standard InChI is InChI=1S/C31H27NO6/c1-16-12-24(34)28-22(29(16)35)14-21-19(26(28)18-8-11-25(38-2)23(33)13-18)9-10-20-27(21)31(37)32(30(20)36)15-17-6-4-3-5-7-17/h3-9,11-13,20-21,26-27,33H,10,14-15H2,1-2H3. The lowest BCUT2D eigenvalue weighted by atomic mass is 9.59. The molecule has 1 aliphatic heterocycles. The highest BCUT2D eigenvalue weighted by Crippen LogP contribution is 2.55. The number of hydrogen-bond acceptors (Lipinski definition) is 6. The molecule has 192 valence electrons. The number of carbonyl (C=O) groups is 4. The van der Waals surface area contributed by atoms with Crippen molar-refractivity contribution in [3.8, 4) is 11.5 Å². The van der Waals surface area contributed by atoms with Crippen LogP contribution < -0.4 is 4.74 Å². The second-order valence-corrected chi connectivity index (χ2v) is 10.4. The SMILES string of the molecule is COc1ccc(C2C3=CCC4C(=O)N(Cc5ccccc5)C(=O)C4C3CC3=C2C(=O)C=C(C)C3=O)cc1O. The molecule has 0 spiro atoms. The van der Waals surface area contributed by atoms with E-state index in [1.807, 2.05) is 36.4 Å². The van der Waals surface area contributed by atoms with Gasteiger partial charge in [-0.2, -0.15) is 0 Å². The van der Waals surface area contributed by atoms with Crippen molar-refractivity contribution in [3.05, 3.63) is 94.1 Å². The Kier molecular flexibility index (Phi) is 5.67. The molecule has 0 bridgehead atoms. The highest BCUT2D eigenvalue weighted by Gasteiger charge is 2.56. The first kappa shape index (κ1) is 24.1. The van der Waals surface area contributed by atoms with E-state index in [-0.39, 0.29) is 42.1 Å². The van der Waals surface area contributed by atoms with Gasteiger partial charge >= 0.3 is 0 Å². The van der Waals surface area contributed by atoms with Gasteiger partial charge in [-0.1, -0.05) is 48.0 Å². The van der Waals surface area contributed by atoms with Gasteiger partial charge in [0.05, 0.1) is 25.5 Å². The molecule has 4 unspecified atom stereocenters. The molecule has 1 heterocycles. The number of fused-ring (bicyclic) bond motifs is 3. The summed E-state index contributed by atoms with van der Waals surface area (Å²) in [5.41, 5.74) is 3.52. The van der Waals surface area contributed by atoms with Gasteiger partial charge in [-0.05, 0) is 55.0 Å². The van der Waals surface area contributed by atoms with Gasteiger partial charge in [0.25, 0.3) is 0 Å². The number of likely N-dealkylation sites (tertiary alicyclic amines) is 1. The molecule has 1 saturated heterocycles. The molecule has 0 aromatic heterocycles. The lowest BCUT2D eigenvalue weighted by Crippen LogP contribution is -2.39. The largest absolute Gasteiger partial charge is 0.504 e. The quantitative estimate of drug-likeness (QED) is 0.380. The summed E-state index contributed by atoms with van der Waals surface area (Å²) in [6, 6.07) is 14.4. The lowest BCUT2D eigenvalue weighted by molar-refractivity contribution is -0.140. The number of carbonyl (C=O) groups excluding carboxylic acids is 4. The average molecular weight is 510 g/mol. The minimum Gasteiger partial charge on any atom is -0.504 e. The number of ether oxygens (including phenoxy) is 1. The number of methoxy groups -OCH3 is 1. The van der Waals surface area contributed by atoms with Gasteiger partial charge in [-0.3, -0.25) is 24.1 Å². The van der Waals surface area contributed by atoms with E-state index in [9.17, 15) is 24.3 Å². The van der Waals surface area contributed by atoms with E-state index < -0.39 is 23.7 Å². The zero-order chi connectivity index (χ0) is 26.7. The molecule has 1 fully saturated rings. The number of benzene rings is 2. The van der Waals surface area contributed by atoms with Crippen LogP contribution in [0.3, 0.4) is 0 Å². The second-order valence-electron chi connectivity index (χ2n) is 10.4. The molecular formula is C31H27NO6. The molecule has 3 aliphatic carbocycles. The van der Waals surface area contributed by atoms with Crippen LogP contribution in [0, 0.1) is 17.8 Å². The molecule has 38 heavy (non-hydrogen) atoms. The summed E-state index contributed by atoms with van der Waals surface area (Å²) in [6.07, 6.45) is 3.96. The fourth-order valence-corrected chi connectivity index (χ4v) is 6.64. The summed E-state index contributed by atoms with van der Waals surface area (Å²) in [5.74, 6) is -2.77. The summed E-state index contributed by atoms with van der Waals surface area (Å²) in [5, 5.41) is 10.5. The molecular weight excluding hydrogens is 482 g/mol. The van der Waals surface area contributed by atoms with Gasteiger partial charge in [-0.25, -0.2) is 0 Å². The topological polar surface area (TPSA) is 101 Å². The third-order valence-corrected chi connectivity index (χ3v) is 8.37. The maximum Gasteiger partial charge on any atom is 0.234 e. The normalized spacial score (nSPS) is 26.5. The van der Waals surface area contributed by atoms with Crippen LogP contribution in [0.15, 0.2) is 83.0 Å². The molecule has 2 amide bonds. The number of allylic oxidation sites excluding steroid dienone is 6. The fourth-order valence-electron chi connectivity index (χ4n) is 6.64. The molecule has 0 radical (unpaired) electrons. The average Bonchev–Trinajstić information content (AvgIpc) is 3.16. The number of hydrogen-bond donors (Lipinski definition) is 1. The van der Waals surface area contributed by atoms with E-state index in [0.717, 1.165) is 11.1 Å². The van der Waals surface area contributed by atoms with E-state index >= 15 is 0 Å². The summed E-state index contributed by atoms with van der Waals surface area (Å²) in [7, 11) is 1.45. The van der Waals surface area contributed by atoms with Crippen LogP contribution in [0.1, 0.15) is 36.8 Å². The summed E-state index contributed by atoms with van der Waals surface area (Å²) < 4.78 is 5.20. The number of amides is 2. The summed E-state index contributed by atoms with van der Waals surface area (Å²) in [4.78, 5) is 55.2. The number of imide groups is 1. The monoisotopic (exact) mass is 509 g/mol. The second kappa shape index (κ2) is 8.94. The van der Waals surface area contributed by atoms with E-state index in [1.165, 1.54) is 18.1 Å². The number of rotatable bonds is 4. The molecule has 1 N–H and O–H groups in total. The van der Waals surface area contributed by atoms with E-state index in [0.29, 0.717) is 34.5 Å². The van der Waals surface area contributed by atoms with Crippen LogP contribution in [-0.2, 0) is 25.7 Å². The van der Waals surface area contributed by atoms with Crippen molar-refractivity contribution in [2.75, 3.05) is 7.11 Å². The number of Topliss-reactive ketones (excluding diaryl/α,β-unsaturated/α-hetero) is 1. The van der Waals surface area contributed by atoms with Crippen molar-refractivity contribution in [3.63, 3.8) is 0 Å². The van der Waals surface area contributed by atoms with Crippen molar-refractivity contribution >= 4 is 23.4 Å². The molecule has 4 aliphatic rings. The van der Waals surface area contributed by atoms with Crippen LogP contribution in [0.5, 0.6) is 11.5 Å². The third kappa shape index (κ3) is 3.56. The molecule has 7 heteroatoms. The molecule has 2 aromatic rings. The third-order valence-electron chi connectivity index (χ3n) is 8.37. The molecule has 4 atom stereocenters. The van der Waals surface area contributed by atoms with E-state index in [2.05, 4.69) is 0 Å². The van der Waals surface area contributed by atoms with Crippen LogP contribution in [-0.4, -0.2) is 40.5 Å². The minimum atomic E-state index is -0.608. The molecule has 0 saturated carbocycles. The van der Waals surface area contributed by atoms with Crippen LogP contribution in [0.25, 0.3) is 0 Å². The van der Waals surface area contributed by atoms with Crippen molar-refractivity contribution < 1.29 is 29.0 Å². The fraction of sp³-hybridized carbons (Fsp3) is 0.290. The molecule has 7 nitrogen and oxygen atoms in total. The highest BCUT2D eigenvalue weighted by molar-refractivity contribution is 6.23. The Morgan fingerprint density at radius 2 is 1.76 bits per heavy atom. The Hall–Kier alpha value is -4.26. The Labute approximate surface area is 220 Å². The van der Waals surface area contributed by atoms with Gasteiger partial charge in [0.2, 0.25) is 11.8 Å². The first-order valence-electron chi connectivity index (χ1n) is 12.8. The van der Waals surface area contributed by atoms with E-state index in [4.69, 9.17) is 4.74 Å². The summed E-state index contributed by atoms with van der Waals surface area (Å²) >= 11 is 0.